The topological polar surface area (TPSA) is 43.6 Å². The lowest BCUT2D eigenvalue weighted by atomic mass is 10.0. The Morgan fingerprint density at radius 3 is 1.62 bits per heavy atom. The highest BCUT2D eigenvalue weighted by atomic mass is 32.1. The molecule has 0 fully saturated rings. The fraction of sp³-hybridized carbons (Fsp3) is 0. The quantitative estimate of drug-likeness (QED) is 0.176. The zero-order valence-corrected chi connectivity index (χ0v) is 32.0. The van der Waals surface area contributed by atoms with Crippen LogP contribution >= 0.6 is 11.3 Å². The number of benzene rings is 9. The fourth-order valence-electron chi connectivity index (χ4n) is 8.61. The summed E-state index contributed by atoms with van der Waals surface area (Å²) in [5, 5.41) is 9.80. The highest BCUT2D eigenvalue weighted by molar-refractivity contribution is 7.26. The number of hydrogen-bond acceptors (Lipinski definition) is 4. The van der Waals surface area contributed by atoms with Crippen LogP contribution in [0.4, 0.5) is 0 Å². The number of nitrogens with zero attached hydrogens (tertiary/aromatic N) is 4. The van der Waals surface area contributed by atoms with Gasteiger partial charge in [-0.3, -0.25) is 0 Å². The molecule has 4 nitrogen and oxygen atoms in total. The number of thiophene rings is 1. The summed E-state index contributed by atoms with van der Waals surface area (Å²) in [6.07, 6.45) is 0. The fourth-order valence-corrected chi connectivity index (χ4v) is 9.82. The second-order valence-corrected chi connectivity index (χ2v) is 15.9. The normalized spacial score (nSPS) is 11.8. The van der Waals surface area contributed by atoms with Crippen LogP contribution in [-0.4, -0.2) is 19.5 Å². The summed E-state index contributed by atoms with van der Waals surface area (Å²) in [6, 6.07) is 69.2. The van der Waals surface area contributed by atoms with Gasteiger partial charge in [0.15, 0.2) is 17.5 Å². The van der Waals surface area contributed by atoms with Gasteiger partial charge in [-0.05, 0) is 58.3 Å². The number of fused-ring (bicyclic) bond motifs is 9. The molecule has 12 rings (SSSR count). The van der Waals surface area contributed by atoms with Crippen molar-refractivity contribution in [1.29, 1.82) is 0 Å². The Morgan fingerprint density at radius 2 is 0.862 bits per heavy atom. The van der Waals surface area contributed by atoms with Crippen LogP contribution in [0.3, 0.4) is 0 Å². The predicted octanol–water partition coefficient (Wildman–Crippen LogP) is 14.3. The first-order chi connectivity index (χ1) is 28.7. The van der Waals surface area contributed by atoms with E-state index >= 15 is 0 Å². The highest BCUT2D eigenvalue weighted by Crippen LogP contribution is 2.44. The van der Waals surface area contributed by atoms with Crippen molar-refractivity contribution in [2.45, 2.75) is 0 Å². The molecule has 0 aliphatic heterocycles. The first-order valence-corrected chi connectivity index (χ1v) is 20.3. The second kappa shape index (κ2) is 13.1. The van der Waals surface area contributed by atoms with E-state index in [1.165, 1.54) is 69.1 Å². The van der Waals surface area contributed by atoms with Gasteiger partial charge in [0.25, 0.3) is 0 Å². The average molecular weight is 757 g/mol. The first kappa shape index (κ1) is 32.7. The van der Waals surface area contributed by atoms with Crippen LogP contribution in [0.2, 0.25) is 0 Å². The Balaban J connectivity index is 1.11. The molecule has 0 atom stereocenters. The molecule has 0 radical (unpaired) electrons. The number of aromatic nitrogens is 4. The summed E-state index contributed by atoms with van der Waals surface area (Å²) >= 11 is 1.85. The Morgan fingerprint density at radius 1 is 0.328 bits per heavy atom. The Labute approximate surface area is 338 Å². The van der Waals surface area contributed by atoms with Crippen molar-refractivity contribution >= 4 is 74.9 Å². The molecule has 9 aromatic carbocycles. The van der Waals surface area contributed by atoms with E-state index in [4.69, 9.17) is 15.0 Å². The van der Waals surface area contributed by atoms with Crippen LogP contribution < -0.4 is 0 Å². The Kier molecular flexibility index (Phi) is 7.37. The van der Waals surface area contributed by atoms with E-state index in [-0.39, 0.29) is 0 Å². The van der Waals surface area contributed by atoms with Gasteiger partial charge in [-0.2, -0.15) is 0 Å². The Hall–Kier alpha value is -7.47. The van der Waals surface area contributed by atoms with Gasteiger partial charge in [0.1, 0.15) is 0 Å². The van der Waals surface area contributed by atoms with Gasteiger partial charge in [0.05, 0.1) is 16.7 Å². The maximum Gasteiger partial charge on any atom is 0.164 e. The molecule has 0 amide bonds. The number of hydrogen-bond donors (Lipinski definition) is 0. The molecular formula is C53H32N4S. The molecule has 0 bridgehead atoms. The zero-order chi connectivity index (χ0) is 38.2. The molecule has 12 aromatic rings. The van der Waals surface area contributed by atoms with Gasteiger partial charge in [-0.15, -0.1) is 11.3 Å². The van der Waals surface area contributed by atoms with Crippen molar-refractivity contribution in [1.82, 2.24) is 19.5 Å². The second-order valence-electron chi connectivity index (χ2n) is 14.8. The molecule has 0 unspecified atom stereocenters. The van der Waals surface area contributed by atoms with E-state index in [1.54, 1.807) is 0 Å². The summed E-state index contributed by atoms with van der Waals surface area (Å²) in [4.78, 5) is 15.4. The SMILES string of the molecule is c1ccc(-c2ccc(-c3nc(-c4ccccc4)nc(-c4ccc5c(-n6c7ccccc7c7cc8ccccc8cc76)cc6c7ccccc7sc6c5c4)n3)cc2)cc1. The van der Waals surface area contributed by atoms with E-state index in [0.717, 1.165) is 27.9 Å². The molecule has 0 saturated carbocycles. The largest absolute Gasteiger partial charge is 0.309 e. The van der Waals surface area contributed by atoms with Crippen LogP contribution in [0.5, 0.6) is 0 Å². The van der Waals surface area contributed by atoms with Gasteiger partial charge in [-0.1, -0.05) is 158 Å². The van der Waals surface area contributed by atoms with Crippen LogP contribution in [0.25, 0.3) is 115 Å². The summed E-state index contributed by atoms with van der Waals surface area (Å²) in [6.45, 7) is 0. The molecular weight excluding hydrogens is 725 g/mol. The van der Waals surface area contributed by atoms with Crippen LogP contribution in [0.15, 0.2) is 194 Å². The zero-order valence-electron chi connectivity index (χ0n) is 31.2. The maximum atomic E-state index is 5.19. The molecule has 58 heavy (non-hydrogen) atoms. The average Bonchev–Trinajstić information content (AvgIpc) is 3.83. The first-order valence-electron chi connectivity index (χ1n) is 19.5. The van der Waals surface area contributed by atoms with Crippen molar-refractivity contribution < 1.29 is 0 Å². The lowest BCUT2D eigenvalue weighted by Crippen LogP contribution is -2.00. The number of para-hydroxylation sites is 1. The lowest BCUT2D eigenvalue weighted by Gasteiger charge is -2.15. The maximum absolute atomic E-state index is 5.19. The minimum atomic E-state index is 0.640. The van der Waals surface area contributed by atoms with Gasteiger partial charge < -0.3 is 4.57 Å². The van der Waals surface area contributed by atoms with Crippen LogP contribution in [-0.2, 0) is 0 Å². The predicted molar refractivity (Wildman–Crippen MR) is 244 cm³/mol. The smallest absolute Gasteiger partial charge is 0.164 e. The van der Waals surface area contributed by atoms with E-state index in [0.29, 0.717) is 17.5 Å². The molecule has 3 heterocycles. The molecule has 5 heteroatoms. The summed E-state index contributed by atoms with van der Waals surface area (Å²) in [5.74, 6) is 1.92. The lowest BCUT2D eigenvalue weighted by molar-refractivity contribution is 1.07. The van der Waals surface area contributed by atoms with Gasteiger partial charge >= 0.3 is 0 Å². The van der Waals surface area contributed by atoms with Crippen LogP contribution in [0, 0.1) is 0 Å². The summed E-state index contributed by atoms with van der Waals surface area (Å²) in [5.41, 5.74) is 8.68. The summed E-state index contributed by atoms with van der Waals surface area (Å²) < 4.78 is 4.99. The summed E-state index contributed by atoms with van der Waals surface area (Å²) in [7, 11) is 0. The van der Waals surface area contributed by atoms with Crippen molar-refractivity contribution in [2.24, 2.45) is 0 Å². The Bertz CT molecular complexity index is 3550. The van der Waals surface area contributed by atoms with E-state index in [2.05, 4.69) is 174 Å². The van der Waals surface area contributed by atoms with Gasteiger partial charge in [0, 0.05) is 58.4 Å². The van der Waals surface area contributed by atoms with Crippen molar-refractivity contribution in [3.8, 4) is 51.0 Å². The molecule has 0 spiro atoms. The minimum Gasteiger partial charge on any atom is -0.309 e. The standard InChI is InChI=1S/C53H32N4S/c1-3-13-33(14-4-1)34-23-25-36(26-24-34)52-54-51(35-15-5-2-6-16-35)55-53(56-52)39-27-28-41-44(30-39)50-45(42-20-10-12-22-49(42)58-50)32-48(41)57-46-21-11-9-19-40(46)43-29-37-17-7-8-18-38(37)31-47(43)57/h1-32H. The van der Waals surface area contributed by atoms with Gasteiger partial charge in [0.2, 0.25) is 0 Å². The van der Waals surface area contributed by atoms with Crippen molar-refractivity contribution in [3.05, 3.63) is 194 Å². The molecule has 270 valence electrons. The molecule has 0 aliphatic rings. The molecule has 0 aliphatic carbocycles. The van der Waals surface area contributed by atoms with E-state index < -0.39 is 0 Å². The molecule has 0 saturated heterocycles. The number of rotatable bonds is 5. The monoisotopic (exact) mass is 756 g/mol. The van der Waals surface area contributed by atoms with E-state index in [9.17, 15) is 0 Å². The third-order valence-electron chi connectivity index (χ3n) is 11.4. The molecule has 3 aromatic heterocycles. The van der Waals surface area contributed by atoms with Gasteiger partial charge in [-0.25, -0.2) is 15.0 Å². The van der Waals surface area contributed by atoms with E-state index in [1.807, 2.05) is 35.6 Å². The third-order valence-corrected chi connectivity index (χ3v) is 12.6. The highest BCUT2D eigenvalue weighted by Gasteiger charge is 2.20. The molecule has 0 N–H and O–H groups in total. The van der Waals surface area contributed by atoms with Crippen molar-refractivity contribution in [2.75, 3.05) is 0 Å². The minimum absolute atomic E-state index is 0.640. The van der Waals surface area contributed by atoms with Crippen molar-refractivity contribution in [3.63, 3.8) is 0 Å². The third kappa shape index (κ3) is 5.25. The van der Waals surface area contributed by atoms with Crippen LogP contribution in [0.1, 0.15) is 0 Å².